The minimum atomic E-state index is -1.34. The third-order valence-corrected chi connectivity index (χ3v) is 7.19. The van der Waals surface area contributed by atoms with Crippen molar-refractivity contribution in [1.29, 1.82) is 0 Å². The van der Waals surface area contributed by atoms with Crippen LogP contribution < -0.4 is 4.90 Å². The number of nitrogens with zero attached hydrogens (tertiary/aromatic N) is 2. The van der Waals surface area contributed by atoms with E-state index < -0.39 is 28.2 Å². The van der Waals surface area contributed by atoms with E-state index in [4.69, 9.17) is 0 Å². The van der Waals surface area contributed by atoms with Gasteiger partial charge < -0.3 is 9.80 Å². The van der Waals surface area contributed by atoms with Crippen LogP contribution in [0.25, 0.3) is 0 Å². The van der Waals surface area contributed by atoms with Gasteiger partial charge in [0.15, 0.2) is 16.5 Å². The first-order valence-corrected chi connectivity index (χ1v) is 11.0. The van der Waals surface area contributed by atoms with Gasteiger partial charge in [0.25, 0.3) is 11.8 Å². The van der Waals surface area contributed by atoms with E-state index in [9.17, 15) is 22.8 Å². The zero-order valence-electron chi connectivity index (χ0n) is 16.7. The monoisotopic (exact) mass is 454 g/mol. The molecule has 0 radical (unpaired) electrons. The molecule has 2 heterocycles. The van der Waals surface area contributed by atoms with Gasteiger partial charge in [-0.05, 0) is 35.9 Å². The molecule has 32 heavy (non-hydrogen) atoms. The van der Waals surface area contributed by atoms with Crippen molar-refractivity contribution in [2.75, 3.05) is 17.2 Å². The zero-order valence-corrected chi connectivity index (χ0v) is 17.5. The Hall–Kier alpha value is -3.26. The van der Waals surface area contributed by atoms with Gasteiger partial charge in [0.1, 0.15) is 5.82 Å². The second-order valence-electron chi connectivity index (χ2n) is 7.59. The molecule has 2 aliphatic rings. The lowest BCUT2D eigenvalue weighted by Gasteiger charge is -2.33. The summed E-state index contributed by atoms with van der Waals surface area (Å²) in [6.07, 6.45) is 0. The second-order valence-corrected chi connectivity index (χ2v) is 8.87. The summed E-state index contributed by atoms with van der Waals surface area (Å²) in [5.41, 5.74) is 1.53. The number of amides is 2. The summed E-state index contributed by atoms with van der Waals surface area (Å²) in [6.45, 7) is 0.286. The number of hydrogen-bond donors (Lipinski definition) is 0. The first-order chi connectivity index (χ1) is 15.4. The average molecular weight is 454 g/mol. The van der Waals surface area contributed by atoms with Crippen LogP contribution in [0.5, 0.6) is 0 Å². The number of carbonyl (C=O) groups excluding carboxylic acids is 2. The van der Waals surface area contributed by atoms with Crippen LogP contribution in [-0.4, -0.2) is 29.0 Å². The number of fused-ring (bicyclic) bond motifs is 2. The maximum absolute atomic E-state index is 14.4. The normalized spacial score (nSPS) is 19.7. The minimum absolute atomic E-state index is 0.0110. The Labute approximate surface area is 186 Å². The molecular weight excluding hydrogens is 437 g/mol. The van der Waals surface area contributed by atoms with Crippen LogP contribution in [0.1, 0.15) is 21.5 Å². The van der Waals surface area contributed by atoms with Gasteiger partial charge >= 0.3 is 0 Å². The number of thioether (sulfide) groups is 1. The number of anilines is 1. The maximum atomic E-state index is 14.4. The fourth-order valence-electron chi connectivity index (χ4n) is 4.33. The van der Waals surface area contributed by atoms with Gasteiger partial charge in [0.05, 0.1) is 17.8 Å². The molecule has 0 aromatic heterocycles. The van der Waals surface area contributed by atoms with E-state index in [-0.39, 0.29) is 24.6 Å². The third kappa shape index (κ3) is 3.01. The number of rotatable bonds is 3. The number of benzene rings is 3. The van der Waals surface area contributed by atoms with Crippen molar-refractivity contribution >= 4 is 29.3 Å². The summed E-state index contributed by atoms with van der Waals surface area (Å²) in [7, 11) is 0. The molecule has 0 unspecified atom stereocenters. The third-order valence-electron chi connectivity index (χ3n) is 5.78. The van der Waals surface area contributed by atoms with E-state index in [2.05, 4.69) is 0 Å². The summed E-state index contributed by atoms with van der Waals surface area (Å²) < 4.78 is 41.5. The van der Waals surface area contributed by atoms with Crippen molar-refractivity contribution in [2.45, 2.75) is 11.4 Å². The molecule has 8 heteroatoms. The first-order valence-electron chi connectivity index (χ1n) is 9.99. The molecule has 1 atom stereocenters. The molecule has 3 aromatic rings. The second kappa shape index (κ2) is 7.70. The van der Waals surface area contributed by atoms with E-state index in [1.807, 2.05) is 0 Å². The fourth-order valence-corrected chi connectivity index (χ4v) is 5.79. The molecule has 0 bridgehead atoms. The van der Waals surface area contributed by atoms with E-state index in [1.54, 1.807) is 30.3 Å². The summed E-state index contributed by atoms with van der Waals surface area (Å²) in [5, 5.41) is 0. The first kappa shape index (κ1) is 20.6. The Kier molecular flexibility index (Phi) is 4.97. The lowest BCUT2D eigenvalue weighted by molar-refractivity contribution is -0.123. The molecule has 1 saturated heterocycles. The minimum Gasteiger partial charge on any atom is -0.311 e. The molecule has 2 amide bonds. The summed E-state index contributed by atoms with van der Waals surface area (Å²) in [5.74, 6) is -3.04. The molecule has 2 aliphatic heterocycles. The van der Waals surface area contributed by atoms with E-state index in [1.165, 1.54) is 45.8 Å². The highest BCUT2D eigenvalue weighted by Gasteiger charge is 2.59. The summed E-state index contributed by atoms with van der Waals surface area (Å²) >= 11 is 1.32. The number of halogens is 3. The van der Waals surface area contributed by atoms with Crippen molar-refractivity contribution in [3.63, 3.8) is 0 Å². The Bertz CT molecular complexity index is 1250. The standard InChI is InChI=1S/C24H17F3N2O2S/c25-18-7-3-1-5-16(18)22(30)29-11-12-32-24(29)17-6-2-4-8-21(17)28(23(24)31)14-15-9-10-19(26)20(27)13-15/h1-10,13H,11-12,14H2/t24-/m1/s1. The van der Waals surface area contributed by atoms with E-state index >= 15 is 0 Å². The van der Waals surface area contributed by atoms with Crippen LogP contribution in [0.3, 0.4) is 0 Å². The molecular formula is C24H17F3N2O2S. The summed E-state index contributed by atoms with van der Waals surface area (Å²) in [6, 6.07) is 16.3. The molecule has 5 rings (SSSR count). The van der Waals surface area contributed by atoms with Crippen LogP contribution >= 0.6 is 11.8 Å². The SMILES string of the molecule is O=C(c1ccccc1F)N1CCS[C@]12C(=O)N(Cc1ccc(F)c(F)c1)c1ccccc12. The van der Waals surface area contributed by atoms with E-state index in [0.717, 1.165) is 12.1 Å². The Balaban J connectivity index is 1.58. The van der Waals surface area contributed by atoms with Gasteiger partial charge in [-0.15, -0.1) is 11.8 Å². The Morgan fingerprint density at radius 2 is 1.69 bits per heavy atom. The van der Waals surface area contributed by atoms with Gasteiger partial charge in [-0.25, -0.2) is 13.2 Å². The van der Waals surface area contributed by atoms with Crippen LogP contribution in [-0.2, 0) is 16.2 Å². The fraction of sp³-hybridized carbons (Fsp3) is 0.167. The van der Waals surface area contributed by atoms with Crippen molar-refractivity contribution in [1.82, 2.24) is 4.90 Å². The predicted octanol–water partition coefficient (Wildman–Crippen LogP) is 4.69. The number of para-hydroxylation sites is 1. The number of hydrogen-bond acceptors (Lipinski definition) is 3. The quantitative estimate of drug-likeness (QED) is 0.577. The highest BCUT2D eigenvalue weighted by molar-refractivity contribution is 8.01. The molecule has 0 saturated carbocycles. The lowest BCUT2D eigenvalue weighted by atomic mass is 10.0. The molecule has 0 aliphatic carbocycles. The van der Waals surface area contributed by atoms with Crippen molar-refractivity contribution in [3.8, 4) is 0 Å². The average Bonchev–Trinajstić information content (AvgIpc) is 3.33. The Morgan fingerprint density at radius 3 is 2.47 bits per heavy atom. The van der Waals surface area contributed by atoms with Crippen molar-refractivity contribution in [2.24, 2.45) is 0 Å². The lowest BCUT2D eigenvalue weighted by Crippen LogP contribution is -2.50. The van der Waals surface area contributed by atoms with Gasteiger partial charge in [-0.1, -0.05) is 36.4 Å². The van der Waals surface area contributed by atoms with Crippen LogP contribution in [0, 0.1) is 17.5 Å². The molecule has 1 spiro atoms. The van der Waals surface area contributed by atoms with Crippen molar-refractivity contribution in [3.05, 3.63) is 101 Å². The summed E-state index contributed by atoms with van der Waals surface area (Å²) in [4.78, 5) is 28.7. The topological polar surface area (TPSA) is 40.6 Å². The largest absolute Gasteiger partial charge is 0.311 e. The zero-order chi connectivity index (χ0) is 22.5. The predicted molar refractivity (Wildman–Crippen MR) is 116 cm³/mol. The molecule has 1 fully saturated rings. The van der Waals surface area contributed by atoms with Gasteiger partial charge in [-0.2, -0.15) is 0 Å². The Morgan fingerprint density at radius 1 is 0.938 bits per heavy atom. The number of carbonyl (C=O) groups is 2. The van der Waals surface area contributed by atoms with Gasteiger partial charge in [0.2, 0.25) is 0 Å². The highest BCUT2D eigenvalue weighted by Crippen LogP contribution is 2.54. The highest BCUT2D eigenvalue weighted by atomic mass is 32.2. The van der Waals surface area contributed by atoms with Gasteiger partial charge in [-0.3, -0.25) is 9.59 Å². The molecule has 162 valence electrons. The van der Waals surface area contributed by atoms with Crippen LogP contribution in [0.15, 0.2) is 66.7 Å². The van der Waals surface area contributed by atoms with Crippen LogP contribution in [0.4, 0.5) is 18.9 Å². The smallest absolute Gasteiger partial charge is 0.268 e. The van der Waals surface area contributed by atoms with Crippen LogP contribution in [0.2, 0.25) is 0 Å². The molecule has 0 N–H and O–H groups in total. The van der Waals surface area contributed by atoms with Gasteiger partial charge in [0, 0.05) is 17.9 Å². The maximum Gasteiger partial charge on any atom is 0.268 e. The van der Waals surface area contributed by atoms with E-state index in [0.29, 0.717) is 22.6 Å². The molecule has 3 aromatic carbocycles. The van der Waals surface area contributed by atoms with Crippen molar-refractivity contribution < 1.29 is 22.8 Å². The molecule has 4 nitrogen and oxygen atoms in total.